The number of hydrogen-bond donors (Lipinski definition) is 0. The van der Waals surface area contributed by atoms with Crippen molar-refractivity contribution in [2.24, 2.45) is 0 Å². The highest BCUT2D eigenvalue weighted by atomic mass is 79.9. The molecule has 1 aromatic carbocycles. The molecule has 0 saturated carbocycles. The molecule has 0 bridgehead atoms. The van der Waals surface area contributed by atoms with E-state index in [1.165, 1.54) is 0 Å². The molecule has 0 aromatic heterocycles. The highest BCUT2D eigenvalue weighted by Crippen LogP contribution is 2.22. The molecule has 1 aromatic rings. The van der Waals surface area contributed by atoms with Crippen LogP contribution in [0.15, 0.2) is 27.1 Å². The smallest absolute Gasteiger partial charge is 0.254 e. The van der Waals surface area contributed by atoms with Gasteiger partial charge in [0.05, 0.1) is 5.56 Å². The molecular weight excluding hydrogens is 334 g/mol. The predicted molar refractivity (Wildman–Crippen MR) is 73.7 cm³/mol. The zero-order chi connectivity index (χ0) is 12.1. The van der Waals surface area contributed by atoms with Crippen LogP contribution in [0.1, 0.15) is 30.1 Å². The number of carbonyl (C=O) groups is 1. The minimum absolute atomic E-state index is 0.0571. The normalized spacial score (nSPS) is 10.2. The van der Waals surface area contributed by atoms with Crippen LogP contribution in [0.4, 0.5) is 0 Å². The van der Waals surface area contributed by atoms with E-state index >= 15 is 0 Å². The molecule has 0 aliphatic carbocycles. The zero-order valence-electron chi connectivity index (χ0n) is 9.46. The van der Waals surface area contributed by atoms with Gasteiger partial charge in [0.15, 0.2) is 0 Å². The summed E-state index contributed by atoms with van der Waals surface area (Å²) < 4.78 is 1.76. The molecule has 0 unspecified atom stereocenters. The van der Waals surface area contributed by atoms with E-state index in [-0.39, 0.29) is 5.91 Å². The van der Waals surface area contributed by atoms with Gasteiger partial charge in [0.1, 0.15) is 0 Å². The quantitative estimate of drug-likeness (QED) is 0.802. The summed E-state index contributed by atoms with van der Waals surface area (Å²) in [6, 6.07) is 5.63. The van der Waals surface area contributed by atoms with Gasteiger partial charge in [-0.1, -0.05) is 29.3 Å². The molecule has 16 heavy (non-hydrogen) atoms. The summed E-state index contributed by atoms with van der Waals surface area (Å²) in [7, 11) is 1.84. The van der Waals surface area contributed by atoms with Crippen molar-refractivity contribution in [3.63, 3.8) is 0 Å². The van der Waals surface area contributed by atoms with Crippen molar-refractivity contribution in [1.29, 1.82) is 0 Å². The molecule has 1 rings (SSSR count). The summed E-state index contributed by atoms with van der Waals surface area (Å²) in [6.07, 6.45) is 2.13. The van der Waals surface area contributed by atoms with Crippen molar-refractivity contribution in [1.82, 2.24) is 4.90 Å². The molecule has 88 valence electrons. The van der Waals surface area contributed by atoms with Crippen molar-refractivity contribution in [3.05, 3.63) is 32.7 Å². The van der Waals surface area contributed by atoms with Gasteiger partial charge in [-0.3, -0.25) is 4.79 Å². The SMILES string of the molecule is CCCCN(C)C(=O)c1cc(Br)ccc1Br. The fourth-order valence-corrected chi connectivity index (χ4v) is 2.14. The van der Waals surface area contributed by atoms with E-state index < -0.39 is 0 Å². The van der Waals surface area contributed by atoms with E-state index in [2.05, 4.69) is 38.8 Å². The molecule has 0 spiro atoms. The van der Waals surface area contributed by atoms with Crippen LogP contribution in [0.3, 0.4) is 0 Å². The number of amides is 1. The fraction of sp³-hybridized carbons (Fsp3) is 0.417. The maximum Gasteiger partial charge on any atom is 0.254 e. The van der Waals surface area contributed by atoms with E-state index in [1.807, 2.05) is 25.2 Å². The monoisotopic (exact) mass is 347 g/mol. The number of hydrogen-bond acceptors (Lipinski definition) is 1. The Morgan fingerprint density at radius 2 is 2.06 bits per heavy atom. The van der Waals surface area contributed by atoms with Gasteiger partial charge in [-0.05, 0) is 40.5 Å². The van der Waals surface area contributed by atoms with Crippen LogP contribution in [-0.4, -0.2) is 24.4 Å². The van der Waals surface area contributed by atoms with Crippen molar-refractivity contribution >= 4 is 37.8 Å². The first-order valence-corrected chi connectivity index (χ1v) is 6.85. The second-order valence-electron chi connectivity index (χ2n) is 3.70. The Morgan fingerprint density at radius 3 is 2.69 bits per heavy atom. The molecule has 0 N–H and O–H groups in total. The van der Waals surface area contributed by atoms with E-state index in [1.54, 1.807) is 4.90 Å². The number of nitrogens with zero attached hydrogens (tertiary/aromatic N) is 1. The van der Waals surface area contributed by atoms with E-state index in [9.17, 15) is 4.79 Å². The summed E-state index contributed by atoms with van der Waals surface area (Å²) in [6.45, 7) is 2.92. The van der Waals surface area contributed by atoms with Crippen LogP contribution in [0, 0.1) is 0 Å². The minimum Gasteiger partial charge on any atom is -0.342 e. The average molecular weight is 349 g/mol. The lowest BCUT2D eigenvalue weighted by Gasteiger charge is -2.17. The molecule has 0 aliphatic rings. The molecule has 0 atom stereocenters. The Morgan fingerprint density at radius 1 is 1.38 bits per heavy atom. The van der Waals surface area contributed by atoms with Crippen LogP contribution in [0.25, 0.3) is 0 Å². The summed E-state index contributed by atoms with van der Waals surface area (Å²) in [5.41, 5.74) is 0.702. The van der Waals surface area contributed by atoms with Gasteiger partial charge in [0.2, 0.25) is 0 Å². The van der Waals surface area contributed by atoms with Gasteiger partial charge < -0.3 is 4.90 Å². The molecular formula is C12H15Br2NO. The lowest BCUT2D eigenvalue weighted by atomic mass is 10.2. The number of unbranched alkanes of at least 4 members (excludes halogenated alkanes) is 1. The molecule has 0 radical (unpaired) electrons. The third kappa shape index (κ3) is 3.59. The number of rotatable bonds is 4. The van der Waals surface area contributed by atoms with Crippen molar-refractivity contribution < 1.29 is 4.79 Å². The van der Waals surface area contributed by atoms with Crippen LogP contribution in [0.5, 0.6) is 0 Å². The van der Waals surface area contributed by atoms with E-state index in [0.717, 1.165) is 28.3 Å². The highest BCUT2D eigenvalue weighted by Gasteiger charge is 2.14. The summed E-state index contributed by atoms with van der Waals surface area (Å²) >= 11 is 6.77. The lowest BCUT2D eigenvalue weighted by molar-refractivity contribution is 0.0792. The van der Waals surface area contributed by atoms with Gasteiger partial charge in [-0.2, -0.15) is 0 Å². The van der Waals surface area contributed by atoms with Crippen LogP contribution < -0.4 is 0 Å². The minimum atomic E-state index is 0.0571. The molecule has 0 aliphatic heterocycles. The molecule has 0 heterocycles. The Balaban J connectivity index is 2.83. The summed E-state index contributed by atoms with van der Waals surface area (Å²) in [4.78, 5) is 13.9. The van der Waals surface area contributed by atoms with E-state index in [4.69, 9.17) is 0 Å². The molecule has 4 heteroatoms. The Hall–Kier alpha value is -0.350. The van der Waals surface area contributed by atoms with Gasteiger partial charge >= 0.3 is 0 Å². The first-order chi connectivity index (χ1) is 7.56. The Bertz CT molecular complexity index is 379. The highest BCUT2D eigenvalue weighted by molar-refractivity contribution is 9.11. The third-order valence-electron chi connectivity index (χ3n) is 2.35. The first-order valence-electron chi connectivity index (χ1n) is 5.26. The largest absolute Gasteiger partial charge is 0.342 e. The Labute approximate surface area is 113 Å². The van der Waals surface area contributed by atoms with Gasteiger partial charge in [-0.15, -0.1) is 0 Å². The average Bonchev–Trinajstić information content (AvgIpc) is 2.28. The number of carbonyl (C=O) groups excluding carboxylic acids is 1. The van der Waals surface area contributed by atoms with Gasteiger partial charge in [-0.25, -0.2) is 0 Å². The molecule has 0 saturated heterocycles. The van der Waals surface area contributed by atoms with Crippen molar-refractivity contribution in [2.75, 3.05) is 13.6 Å². The maximum atomic E-state index is 12.1. The maximum absolute atomic E-state index is 12.1. The predicted octanol–water partition coefficient (Wildman–Crippen LogP) is 4.08. The zero-order valence-corrected chi connectivity index (χ0v) is 12.6. The van der Waals surface area contributed by atoms with Gasteiger partial charge in [0, 0.05) is 22.5 Å². The lowest BCUT2D eigenvalue weighted by Crippen LogP contribution is -2.27. The number of halogens is 2. The second kappa shape index (κ2) is 6.40. The third-order valence-corrected chi connectivity index (χ3v) is 3.54. The topological polar surface area (TPSA) is 20.3 Å². The number of benzene rings is 1. The van der Waals surface area contributed by atoms with E-state index in [0.29, 0.717) is 5.56 Å². The van der Waals surface area contributed by atoms with Crippen LogP contribution in [-0.2, 0) is 0 Å². The van der Waals surface area contributed by atoms with Crippen molar-refractivity contribution in [3.8, 4) is 0 Å². The fourth-order valence-electron chi connectivity index (χ4n) is 1.36. The van der Waals surface area contributed by atoms with Gasteiger partial charge in [0.25, 0.3) is 5.91 Å². The summed E-state index contributed by atoms with van der Waals surface area (Å²) in [5, 5.41) is 0. The van der Waals surface area contributed by atoms with Crippen molar-refractivity contribution in [2.45, 2.75) is 19.8 Å². The first kappa shape index (κ1) is 13.7. The molecule has 1 amide bonds. The second-order valence-corrected chi connectivity index (χ2v) is 5.47. The molecule has 0 fully saturated rings. The van der Waals surface area contributed by atoms with Crippen LogP contribution in [0.2, 0.25) is 0 Å². The molecule has 2 nitrogen and oxygen atoms in total. The summed E-state index contributed by atoms with van der Waals surface area (Å²) in [5.74, 6) is 0.0571. The van der Waals surface area contributed by atoms with Crippen LogP contribution >= 0.6 is 31.9 Å². The standard InChI is InChI=1S/C12H15Br2NO/c1-3-4-7-15(2)12(16)10-8-9(13)5-6-11(10)14/h5-6,8H,3-4,7H2,1-2H3. The Kier molecular flexibility index (Phi) is 5.49.